The topological polar surface area (TPSA) is 75.8 Å². The lowest BCUT2D eigenvalue weighted by molar-refractivity contribution is -0.123. The Morgan fingerprint density at radius 1 is 1.03 bits per heavy atom. The SMILES string of the molecule is CC(C)=CCC/C(C)=C/CC/C(C)=C/C1OC1/C(C)=C/C(=O)NC1=CC(=O)CCC1=O. The highest BCUT2D eigenvalue weighted by Crippen LogP contribution is 2.31. The zero-order valence-electron chi connectivity index (χ0n) is 19.4. The van der Waals surface area contributed by atoms with Crippen LogP contribution in [-0.2, 0) is 19.1 Å². The fraction of sp³-hybridized carbons (Fsp3) is 0.500. The molecule has 0 bridgehead atoms. The van der Waals surface area contributed by atoms with E-state index >= 15 is 0 Å². The van der Waals surface area contributed by atoms with Gasteiger partial charge in [-0.05, 0) is 65.9 Å². The number of carbonyl (C=O) groups excluding carboxylic acids is 3. The third-order valence-electron chi connectivity index (χ3n) is 5.37. The smallest absolute Gasteiger partial charge is 0.248 e. The number of allylic oxidation sites excluding steroid dienone is 7. The molecule has 1 aliphatic carbocycles. The summed E-state index contributed by atoms with van der Waals surface area (Å²) in [7, 11) is 0. The van der Waals surface area contributed by atoms with Crippen molar-refractivity contribution < 1.29 is 19.1 Å². The van der Waals surface area contributed by atoms with Gasteiger partial charge in [0.05, 0.1) is 5.70 Å². The molecule has 1 N–H and O–H groups in total. The molecule has 31 heavy (non-hydrogen) atoms. The van der Waals surface area contributed by atoms with E-state index in [1.807, 2.05) is 6.92 Å². The maximum Gasteiger partial charge on any atom is 0.248 e. The van der Waals surface area contributed by atoms with Crippen LogP contribution in [0.3, 0.4) is 0 Å². The van der Waals surface area contributed by atoms with Crippen LogP contribution in [0.5, 0.6) is 0 Å². The van der Waals surface area contributed by atoms with Crippen molar-refractivity contribution in [1.29, 1.82) is 0 Å². The maximum atomic E-state index is 12.2. The highest BCUT2D eigenvalue weighted by Gasteiger charge is 2.38. The normalized spacial score (nSPS) is 22.2. The highest BCUT2D eigenvalue weighted by molar-refractivity contribution is 6.10. The molecule has 0 saturated carbocycles. The van der Waals surface area contributed by atoms with E-state index in [-0.39, 0.29) is 42.3 Å². The summed E-state index contributed by atoms with van der Waals surface area (Å²) in [5, 5.41) is 2.52. The van der Waals surface area contributed by atoms with Crippen LogP contribution >= 0.6 is 0 Å². The minimum absolute atomic E-state index is 0.0103. The van der Waals surface area contributed by atoms with Crippen LogP contribution < -0.4 is 5.32 Å². The molecule has 1 aliphatic heterocycles. The zero-order valence-corrected chi connectivity index (χ0v) is 19.4. The van der Waals surface area contributed by atoms with E-state index in [1.165, 1.54) is 28.9 Å². The van der Waals surface area contributed by atoms with Crippen LogP contribution in [-0.4, -0.2) is 29.7 Å². The number of rotatable bonds is 10. The molecule has 0 aromatic heterocycles. The van der Waals surface area contributed by atoms with Crippen molar-refractivity contribution >= 4 is 17.5 Å². The summed E-state index contributed by atoms with van der Waals surface area (Å²) in [4.78, 5) is 35.4. The van der Waals surface area contributed by atoms with E-state index in [0.29, 0.717) is 0 Å². The molecule has 0 spiro atoms. The lowest BCUT2D eigenvalue weighted by Crippen LogP contribution is -2.29. The molecule has 0 radical (unpaired) electrons. The average Bonchev–Trinajstić information content (AvgIpc) is 3.43. The first-order valence-corrected chi connectivity index (χ1v) is 11.0. The van der Waals surface area contributed by atoms with Gasteiger partial charge in [0, 0.05) is 25.0 Å². The van der Waals surface area contributed by atoms with Crippen LogP contribution in [0.4, 0.5) is 0 Å². The number of carbonyl (C=O) groups is 3. The fourth-order valence-electron chi connectivity index (χ4n) is 3.47. The molecule has 5 heteroatoms. The molecule has 2 rings (SSSR count). The van der Waals surface area contributed by atoms with E-state index in [0.717, 1.165) is 31.3 Å². The minimum Gasteiger partial charge on any atom is -0.360 e. The first kappa shape index (κ1) is 24.7. The van der Waals surface area contributed by atoms with Gasteiger partial charge in [-0.3, -0.25) is 14.4 Å². The summed E-state index contributed by atoms with van der Waals surface area (Å²) in [6.07, 6.45) is 13.8. The summed E-state index contributed by atoms with van der Waals surface area (Å²) in [5.41, 5.74) is 4.94. The number of epoxide rings is 1. The summed E-state index contributed by atoms with van der Waals surface area (Å²) in [6.45, 7) is 10.4. The van der Waals surface area contributed by atoms with E-state index < -0.39 is 5.91 Å². The van der Waals surface area contributed by atoms with Gasteiger partial charge in [-0.1, -0.05) is 34.9 Å². The number of hydrogen-bond acceptors (Lipinski definition) is 4. The van der Waals surface area contributed by atoms with Crippen molar-refractivity contribution in [3.8, 4) is 0 Å². The third kappa shape index (κ3) is 9.01. The Morgan fingerprint density at radius 2 is 1.71 bits per heavy atom. The maximum absolute atomic E-state index is 12.2. The second-order valence-corrected chi connectivity index (χ2v) is 8.77. The summed E-state index contributed by atoms with van der Waals surface area (Å²) in [6, 6.07) is 0. The Bertz CT molecular complexity index is 866. The molecule has 1 amide bonds. The van der Waals surface area contributed by atoms with Gasteiger partial charge in [0.1, 0.15) is 12.2 Å². The van der Waals surface area contributed by atoms with Crippen LogP contribution in [0.2, 0.25) is 0 Å². The molecule has 1 fully saturated rings. The van der Waals surface area contributed by atoms with Crippen molar-refractivity contribution in [2.75, 3.05) is 0 Å². The van der Waals surface area contributed by atoms with Gasteiger partial charge in [0.25, 0.3) is 0 Å². The molecule has 2 unspecified atom stereocenters. The van der Waals surface area contributed by atoms with Gasteiger partial charge < -0.3 is 10.1 Å². The average molecular weight is 426 g/mol. The first-order chi connectivity index (χ1) is 14.7. The number of ketones is 2. The number of nitrogens with one attached hydrogen (secondary N) is 1. The molecule has 1 saturated heterocycles. The van der Waals surface area contributed by atoms with Crippen molar-refractivity contribution in [2.45, 2.75) is 85.4 Å². The lowest BCUT2D eigenvalue weighted by atomic mass is 10.0. The number of amides is 1. The fourth-order valence-corrected chi connectivity index (χ4v) is 3.47. The first-order valence-electron chi connectivity index (χ1n) is 11.0. The molecule has 168 valence electrons. The Hall–Kier alpha value is -2.53. The lowest BCUT2D eigenvalue weighted by Gasteiger charge is -2.11. The Morgan fingerprint density at radius 3 is 2.42 bits per heavy atom. The predicted octanol–water partition coefficient (Wildman–Crippen LogP) is 5.05. The largest absolute Gasteiger partial charge is 0.360 e. The molecule has 1 heterocycles. The van der Waals surface area contributed by atoms with Crippen LogP contribution in [0.25, 0.3) is 0 Å². The quantitative estimate of drug-likeness (QED) is 0.302. The van der Waals surface area contributed by atoms with Crippen LogP contribution in [0.15, 0.2) is 58.4 Å². The second-order valence-electron chi connectivity index (χ2n) is 8.77. The summed E-state index contributed by atoms with van der Waals surface area (Å²) < 4.78 is 5.70. The van der Waals surface area contributed by atoms with E-state index in [4.69, 9.17) is 4.74 Å². The summed E-state index contributed by atoms with van der Waals surface area (Å²) in [5.74, 6) is -0.755. The van der Waals surface area contributed by atoms with Crippen LogP contribution in [0.1, 0.15) is 73.1 Å². The van der Waals surface area contributed by atoms with Crippen molar-refractivity contribution in [3.63, 3.8) is 0 Å². The predicted molar refractivity (Wildman–Crippen MR) is 123 cm³/mol. The van der Waals surface area contributed by atoms with Gasteiger partial charge >= 0.3 is 0 Å². The Balaban J connectivity index is 1.78. The van der Waals surface area contributed by atoms with Gasteiger partial charge in [0.15, 0.2) is 11.6 Å². The standard InChI is InChI=1S/C26H35NO4/c1-17(2)8-6-9-18(3)10-7-11-19(4)14-24-26(31-24)20(5)15-25(30)27-22-16-21(28)12-13-23(22)29/h8,10,14-16,24,26H,6-7,9,11-13H2,1-5H3,(H,27,30)/b18-10+,19-14+,20-15+. The van der Waals surface area contributed by atoms with E-state index in [1.54, 1.807) is 0 Å². The number of ether oxygens (including phenoxy) is 1. The van der Waals surface area contributed by atoms with Crippen molar-refractivity contribution in [1.82, 2.24) is 5.32 Å². The monoisotopic (exact) mass is 425 g/mol. The van der Waals surface area contributed by atoms with Crippen LogP contribution in [0, 0.1) is 0 Å². The van der Waals surface area contributed by atoms with Gasteiger partial charge in [-0.25, -0.2) is 0 Å². The van der Waals surface area contributed by atoms with Crippen molar-refractivity contribution in [3.05, 3.63) is 58.4 Å². The third-order valence-corrected chi connectivity index (χ3v) is 5.37. The van der Waals surface area contributed by atoms with E-state index in [2.05, 4.69) is 51.2 Å². The zero-order chi connectivity index (χ0) is 23.0. The Labute approximate surface area is 186 Å². The summed E-state index contributed by atoms with van der Waals surface area (Å²) >= 11 is 0. The molecule has 0 aromatic carbocycles. The molecule has 2 aliphatic rings. The number of Topliss-reactive ketones (excluding diaryl/α,β-unsaturated/α-hetero) is 1. The molecular formula is C26H35NO4. The molecule has 5 nitrogen and oxygen atoms in total. The Kier molecular flexibility index (Phi) is 9.38. The van der Waals surface area contributed by atoms with E-state index in [9.17, 15) is 14.4 Å². The minimum atomic E-state index is -0.407. The van der Waals surface area contributed by atoms with Gasteiger partial charge in [-0.15, -0.1) is 0 Å². The molecular weight excluding hydrogens is 390 g/mol. The van der Waals surface area contributed by atoms with Gasteiger partial charge in [0.2, 0.25) is 5.91 Å². The van der Waals surface area contributed by atoms with Gasteiger partial charge in [-0.2, -0.15) is 0 Å². The molecule has 0 aromatic rings. The highest BCUT2D eigenvalue weighted by atomic mass is 16.6. The van der Waals surface area contributed by atoms with Crippen molar-refractivity contribution in [2.24, 2.45) is 0 Å². The number of hydrogen-bond donors (Lipinski definition) is 1. The second kappa shape index (κ2) is 11.8. The molecule has 2 atom stereocenters.